The molecule has 1 saturated heterocycles. The highest BCUT2D eigenvalue weighted by Gasteiger charge is 2.17. The molecule has 0 aromatic rings. The zero-order chi connectivity index (χ0) is 5.11. The van der Waals surface area contributed by atoms with E-state index in [1.165, 1.54) is 19.3 Å². The second kappa shape index (κ2) is 2.42. The summed E-state index contributed by atoms with van der Waals surface area (Å²) >= 11 is 0. The van der Waals surface area contributed by atoms with Gasteiger partial charge in [-0.3, -0.25) is 0 Å². The van der Waals surface area contributed by atoms with Gasteiger partial charge in [-0.15, -0.1) is 0 Å². The van der Waals surface area contributed by atoms with Gasteiger partial charge in [-0.2, -0.15) is 0 Å². The van der Waals surface area contributed by atoms with Gasteiger partial charge in [-0.1, -0.05) is 4.57 Å². The summed E-state index contributed by atoms with van der Waals surface area (Å²) in [5, 5.41) is 0. The molecule has 0 radical (unpaired) electrons. The molecule has 1 nitrogen and oxygen atoms in total. The molecular formula is C5H10OP+. The average Bonchev–Trinajstić information content (AvgIpc) is 1.69. The van der Waals surface area contributed by atoms with Crippen LogP contribution in [0.3, 0.4) is 0 Å². The molecule has 0 unspecified atom stereocenters. The smallest absolute Gasteiger partial charge is 0.0748 e. The Morgan fingerprint density at radius 1 is 1.00 bits per heavy atom. The molecule has 0 amide bonds. The SMILES string of the molecule is O=[P+]1CCCCC1. The molecule has 0 saturated carbocycles. The quantitative estimate of drug-likeness (QED) is 0.443. The second-order valence-corrected chi connectivity index (χ2v) is 3.85. The van der Waals surface area contributed by atoms with Crippen molar-refractivity contribution in [2.75, 3.05) is 12.3 Å². The van der Waals surface area contributed by atoms with Gasteiger partial charge in [0.1, 0.15) is 12.3 Å². The molecule has 1 aliphatic heterocycles. The lowest BCUT2D eigenvalue weighted by Gasteiger charge is -1.95. The summed E-state index contributed by atoms with van der Waals surface area (Å²) < 4.78 is 10.6. The second-order valence-electron chi connectivity index (χ2n) is 1.99. The van der Waals surface area contributed by atoms with Crippen LogP contribution in [-0.2, 0) is 4.57 Å². The molecule has 0 aromatic carbocycles. The highest BCUT2D eigenvalue weighted by molar-refractivity contribution is 7.44. The molecule has 7 heavy (non-hydrogen) atoms. The molecule has 1 aliphatic rings. The van der Waals surface area contributed by atoms with Gasteiger partial charge in [-0.05, 0) is 19.3 Å². The van der Waals surface area contributed by atoms with Crippen LogP contribution in [0.25, 0.3) is 0 Å². The van der Waals surface area contributed by atoms with E-state index in [-0.39, 0.29) is 0 Å². The van der Waals surface area contributed by atoms with E-state index in [9.17, 15) is 4.57 Å². The van der Waals surface area contributed by atoms with Crippen molar-refractivity contribution in [3.8, 4) is 0 Å². The number of hydrogen-bond donors (Lipinski definition) is 0. The molecule has 0 bridgehead atoms. The van der Waals surface area contributed by atoms with Gasteiger partial charge in [-0.25, -0.2) is 0 Å². The first kappa shape index (κ1) is 5.24. The van der Waals surface area contributed by atoms with Gasteiger partial charge in [0, 0.05) is 0 Å². The molecule has 0 spiro atoms. The van der Waals surface area contributed by atoms with Gasteiger partial charge >= 0.3 is 7.80 Å². The predicted octanol–water partition coefficient (Wildman–Crippen LogP) is 2.00. The molecule has 1 rings (SSSR count). The maximum Gasteiger partial charge on any atom is 0.338 e. The Hall–Kier alpha value is 0.100. The molecule has 1 heterocycles. The Kier molecular flexibility index (Phi) is 1.81. The van der Waals surface area contributed by atoms with Gasteiger partial charge in [0.25, 0.3) is 0 Å². The third kappa shape index (κ3) is 1.56. The highest BCUT2D eigenvalue weighted by atomic mass is 31.1. The van der Waals surface area contributed by atoms with Crippen LogP contribution in [-0.4, -0.2) is 12.3 Å². The molecule has 40 valence electrons. The Bertz CT molecular complexity index is 72.1. The Morgan fingerprint density at radius 3 is 1.86 bits per heavy atom. The van der Waals surface area contributed by atoms with E-state index in [1.54, 1.807) is 0 Å². The van der Waals surface area contributed by atoms with Crippen LogP contribution in [0.5, 0.6) is 0 Å². The van der Waals surface area contributed by atoms with Crippen LogP contribution in [0.2, 0.25) is 0 Å². The Labute approximate surface area is 44.9 Å². The molecule has 0 N–H and O–H groups in total. The molecular weight excluding hydrogens is 107 g/mol. The summed E-state index contributed by atoms with van der Waals surface area (Å²) in [6, 6.07) is 0. The van der Waals surface area contributed by atoms with Crippen molar-refractivity contribution in [3.63, 3.8) is 0 Å². The van der Waals surface area contributed by atoms with Crippen molar-refractivity contribution in [2.24, 2.45) is 0 Å². The van der Waals surface area contributed by atoms with Crippen LogP contribution >= 0.6 is 7.80 Å². The summed E-state index contributed by atoms with van der Waals surface area (Å²) in [5.41, 5.74) is 0. The summed E-state index contributed by atoms with van der Waals surface area (Å²) in [4.78, 5) is 0. The van der Waals surface area contributed by atoms with E-state index in [2.05, 4.69) is 0 Å². The van der Waals surface area contributed by atoms with E-state index in [0.717, 1.165) is 12.3 Å². The van der Waals surface area contributed by atoms with E-state index >= 15 is 0 Å². The fourth-order valence-electron chi connectivity index (χ4n) is 0.865. The standard InChI is InChI=1S/C5H10OP/c6-7-4-2-1-3-5-7/h1-5H2/q+1. The van der Waals surface area contributed by atoms with Crippen molar-refractivity contribution in [1.29, 1.82) is 0 Å². The first-order chi connectivity index (χ1) is 3.39. The first-order valence-corrected chi connectivity index (χ1v) is 4.45. The minimum Gasteiger partial charge on any atom is -0.0748 e. The van der Waals surface area contributed by atoms with Crippen LogP contribution in [0.4, 0.5) is 0 Å². The molecule has 0 atom stereocenters. The van der Waals surface area contributed by atoms with E-state index in [1.807, 2.05) is 0 Å². The average molecular weight is 117 g/mol. The maximum absolute atomic E-state index is 10.6. The Morgan fingerprint density at radius 2 is 1.57 bits per heavy atom. The van der Waals surface area contributed by atoms with Gasteiger partial charge < -0.3 is 0 Å². The van der Waals surface area contributed by atoms with Crippen molar-refractivity contribution in [2.45, 2.75) is 19.3 Å². The van der Waals surface area contributed by atoms with Crippen molar-refractivity contribution in [3.05, 3.63) is 0 Å². The van der Waals surface area contributed by atoms with Gasteiger partial charge in [0.05, 0.1) is 0 Å². The van der Waals surface area contributed by atoms with Crippen molar-refractivity contribution in [1.82, 2.24) is 0 Å². The fraction of sp³-hybridized carbons (Fsp3) is 1.00. The van der Waals surface area contributed by atoms with Crippen LogP contribution in [0.1, 0.15) is 19.3 Å². The van der Waals surface area contributed by atoms with Crippen molar-refractivity contribution >= 4 is 7.80 Å². The summed E-state index contributed by atoms with van der Waals surface area (Å²) in [5.74, 6) is 0. The minimum atomic E-state index is -0.742. The largest absolute Gasteiger partial charge is 0.338 e. The van der Waals surface area contributed by atoms with Crippen LogP contribution in [0, 0.1) is 0 Å². The first-order valence-electron chi connectivity index (χ1n) is 2.82. The third-order valence-electron chi connectivity index (χ3n) is 1.32. The maximum atomic E-state index is 10.6. The zero-order valence-corrected chi connectivity index (χ0v) is 5.29. The van der Waals surface area contributed by atoms with Gasteiger partial charge in [0.2, 0.25) is 0 Å². The topological polar surface area (TPSA) is 17.1 Å². The van der Waals surface area contributed by atoms with E-state index in [4.69, 9.17) is 0 Å². The van der Waals surface area contributed by atoms with Gasteiger partial charge in [0.15, 0.2) is 0 Å². The summed E-state index contributed by atoms with van der Waals surface area (Å²) in [6.45, 7) is 0. The molecule has 0 aromatic heterocycles. The van der Waals surface area contributed by atoms with Crippen molar-refractivity contribution < 1.29 is 4.57 Å². The third-order valence-corrected chi connectivity index (χ3v) is 2.95. The van der Waals surface area contributed by atoms with Crippen LogP contribution < -0.4 is 0 Å². The normalized spacial score (nSPS) is 22.6. The number of rotatable bonds is 0. The molecule has 2 heteroatoms. The minimum absolute atomic E-state index is 0.742. The predicted molar refractivity (Wildman–Crippen MR) is 31.2 cm³/mol. The monoisotopic (exact) mass is 117 g/mol. The van der Waals surface area contributed by atoms with E-state index in [0.29, 0.717) is 0 Å². The van der Waals surface area contributed by atoms with Crippen LogP contribution in [0.15, 0.2) is 0 Å². The lowest BCUT2D eigenvalue weighted by Crippen LogP contribution is -1.92. The zero-order valence-electron chi connectivity index (χ0n) is 4.39. The summed E-state index contributed by atoms with van der Waals surface area (Å²) in [6.07, 6.45) is 5.70. The number of hydrogen-bond acceptors (Lipinski definition) is 1. The lowest BCUT2D eigenvalue weighted by atomic mass is 10.3. The molecule has 1 fully saturated rings. The molecule has 0 aliphatic carbocycles. The Balaban J connectivity index is 2.25. The fourth-order valence-corrected chi connectivity index (χ4v) is 2.24. The lowest BCUT2D eigenvalue weighted by molar-refractivity contribution is 0.575. The summed E-state index contributed by atoms with van der Waals surface area (Å²) in [7, 11) is -0.742. The highest BCUT2D eigenvalue weighted by Crippen LogP contribution is 2.28. The van der Waals surface area contributed by atoms with E-state index < -0.39 is 7.80 Å².